The van der Waals surface area contributed by atoms with Crippen LogP contribution in [0.25, 0.3) is 11.1 Å². The van der Waals surface area contributed by atoms with Crippen LogP contribution in [0.5, 0.6) is 5.75 Å². The van der Waals surface area contributed by atoms with Crippen LogP contribution < -0.4 is 4.74 Å². The van der Waals surface area contributed by atoms with Crippen LogP contribution in [-0.4, -0.2) is 12.9 Å². The van der Waals surface area contributed by atoms with E-state index < -0.39 is 0 Å². The summed E-state index contributed by atoms with van der Waals surface area (Å²) >= 11 is 0. The third kappa shape index (κ3) is 2.28. The molecule has 0 saturated heterocycles. The second-order valence-corrected chi connectivity index (χ2v) is 4.02. The summed E-state index contributed by atoms with van der Waals surface area (Å²) in [5.74, 6) is 0.936. The normalized spacial score (nSPS) is 10.1. The molecule has 2 aromatic carbocycles. The molecule has 0 N–H and O–H groups in total. The highest BCUT2D eigenvalue weighted by molar-refractivity contribution is 6.02. The molecular weight excluding hydrogens is 224 g/mol. The first kappa shape index (κ1) is 12.4. The van der Waals surface area contributed by atoms with Crippen molar-refractivity contribution in [2.24, 2.45) is 0 Å². The van der Waals surface area contributed by atoms with Crippen LogP contribution in [0.2, 0.25) is 0 Å². The average Bonchev–Trinajstić information content (AvgIpc) is 2.46. The van der Waals surface area contributed by atoms with Crippen molar-refractivity contribution in [3.05, 3.63) is 54.1 Å². The second kappa shape index (κ2) is 5.50. The third-order valence-corrected chi connectivity index (χ3v) is 2.95. The number of hydrogen-bond acceptors (Lipinski definition) is 2. The summed E-state index contributed by atoms with van der Waals surface area (Å²) < 4.78 is 5.36. The molecule has 2 heteroatoms. The van der Waals surface area contributed by atoms with Gasteiger partial charge in [0.2, 0.25) is 0 Å². The van der Waals surface area contributed by atoms with Crippen molar-refractivity contribution in [1.29, 1.82) is 0 Å². The fourth-order valence-corrected chi connectivity index (χ4v) is 2.02. The maximum atomic E-state index is 12.0. The number of carbonyl (C=O) groups excluding carboxylic acids is 1. The number of hydrogen-bond donors (Lipinski definition) is 0. The molecule has 2 rings (SSSR count). The summed E-state index contributed by atoms with van der Waals surface area (Å²) in [6, 6.07) is 15.4. The van der Waals surface area contributed by atoms with Crippen LogP contribution in [0.1, 0.15) is 23.7 Å². The van der Waals surface area contributed by atoms with Gasteiger partial charge in [-0.2, -0.15) is 0 Å². The Morgan fingerprint density at radius 3 is 2.28 bits per heavy atom. The maximum Gasteiger partial charge on any atom is 0.163 e. The lowest BCUT2D eigenvalue weighted by molar-refractivity contribution is 0.0989. The van der Waals surface area contributed by atoms with E-state index in [2.05, 4.69) is 0 Å². The highest BCUT2D eigenvalue weighted by Crippen LogP contribution is 2.32. The van der Waals surface area contributed by atoms with Crippen LogP contribution in [-0.2, 0) is 0 Å². The monoisotopic (exact) mass is 240 g/mol. The lowest BCUT2D eigenvalue weighted by Gasteiger charge is -2.11. The summed E-state index contributed by atoms with van der Waals surface area (Å²) in [7, 11) is 1.64. The molecule has 0 spiro atoms. The van der Waals surface area contributed by atoms with Crippen molar-refractivity contribution in [1.82, 2.24) is 0 Å². The minimum absolute atomic E-state index is 0.150. The van der Waals surface area contributed by atoms with Gasteiger partial charge in [-0.05, 0) is 11.6 Å². The molecule has 0 radical (unpaired) electrons. The highest BCUT2D eigenvalue weighted by Gasteiger charge is 2.13. The molecule has 0 aliphatic carbocycles. The topological polar surface area (TPSA) is 26.3 Å². The molecule has 2 aromatic rings. The van der Waals surface area contributed by atoms with E-state index >= 15 is 0 Å². The Hall–Kier alpha value is -2.09. The molecule has 0 saturated carbocycles. The van der Waals surface area contributed by atoms with Crippen LogP contribution in [0.4, 0.5) is 0 Å². The Balaban J connectivity index is 2.60. The third-order valence-electron chi connectivity index (χ3n) is 2.95. The number of para-hydroxylation sites is 1. The molecular formula is C16H16O2. The van der Waals surface area contributed by atoms with Crippen molar-refractivity contribution < 1.29 is 9.53 Å². The molecule has 0 amide bonds. The average molecular weight is 240 g/mol. The summed E-state index contributed by atoms with van der Waals surface area (Å²) in [6.45, 7) is 1.88. The first-order valence-electron chi connectivity index (χ1n) is 6.03. The van der Waals surface area contributed by atoms with Gasteiger partial charge in [0.1, 0.15) is 5.75 Å². The molecule has 0 aromatic heterocycles. The zero-order valence-electron chi connectivity index (χ0n) is 10.6. The summed E-state index contributed by atoms with van der Waals surface area (Å²) in [4.78, 5) is 12.0. The number of Topliss-reactive ketones (excluding diaryl/α,β-unsaturated/α-hetero) is 1. The molecule has 0 unspecified atom stereocenters. The number of benzene rings is 2. The van der Waals surface area contributed by atoms with Gasteiger partial charge in [-0.3, -0.25) is 4.79 Å². The Morgan fingerprint density at radius 1 is 1.00 bits per heavy atom. The van der Waals surface area contributed by atoms with Crippen LogP contribution in [0.3, 0.4) is 0 Å². The standard InChI is InChI=1S/C16H16O2/c1-3-15(17)13-9-5-4-8-12(13)14-10-6-7-11-16(14)18-2/h4-11H,3H2,1-2H3. The van der Waals surface area contributed by atoms with Gasteiger partial charge < -0.3 is 4.74 Å². The van der Waals surface area contributed by atoms with E-state index in [0.29, 0.717) is 6.42 Å². The van der Waals surface area contributed by atoms with Gasteiger partial charge in [0, 0.05) is 17.5 Å². The lowest BCUT2D eigenvalue weighted by Crippen LogP contribution is -2.00. The maximum absolute atomic E-state index is 12.0. The molecule has 2 nitrogen and oxygen atoms in total. The van der Waals surface area contributed by atoms with Gasteiger partial charge in [0.05, 0.1) is 7.11 Å². The Kier molecular flexibility index (Phi) is 3.78. The predicted octanol–water partition coefficient (Wildman–Crippen LogP) is 3.95. The molecule has 18 heavy (non-hydrogen) atoms. The van der Waals surface area contributed by atoms with Crippen LogP contribution >= 0.6 is 0 Å². The molecule has 0 fully saturated rings. The molecule has 0 heterocycles. The second-order valence-electron chi connectivity index (χ2n) is 4.02. The van der Waals surface area contributed by atoms with Crippen molar-refractivity contribution in [3.63, 3.8) is 0 Å². The number of methoxy groups -OCH3 is 1. The molecule has 0 aliphatic rings. The molecule has 0 aliphatic heterocycles. The molecule has 92 valence electrons. The van der Waals surface area contributed by atoms with Crippen molar-refractivity contribution in [3.8, 4) is 16.9 Å². The molecule has 0 bridgehead atoms. The van der Waals surface area contributed by atoms with Crippen LogP contribution in [0, 0.1) is 0 Å². The molecule has 0 atom stereocenters. The number of carbonyl (C=O) groups is 1. The van der Waals surface area contributed by atoms with Gasteiger partial charge in [0.15, 0.2) is 5.78 Å². The zero-order valence-corrected chi connectivity index (χ0v) is 10.6. The Labute approximate surface area is 107 Å². The summed E-state index contributed by atoms with van der Waals surface area (Å²) in [5, 5.41) is 0. The van der Waals surface area contributed by atoms with E-state index in [0.717, 1.165) is 22.4 Å². The summed E-state index contributed by atoms with van der Waals surface area (Å²) in [5.41, 5.74) is 2.64. The van der Waals surface area contributed by atoms with E-state index in [1.807, 2.05) is 55.5 Å². The zero-order chi connectivity index (χ0) is 13.0. The quantitative estimate of drug-likeness (QED) is 0.756. The van der Waals surface area contributed by atoms with E-state index in [1.54, 1.807) is 7.11 Å². The van der Waals surface area contributed by atoms with Gasteiger partial charge in [-0.25, -0.2) is 0 Å². The first-order chi connectivity index (χ1) is 8.77. The minimum atomic E-state index is 0.150. The fourth-order valence-electron chi connectivity index (χ4n) is 2.02. The van der Waals surface area contributed by atoms with Crippen LogP contribution in [0.15, 0.2) is 48.5 Å². The minimum Gasteiger partial charge on any atom is -0.496 e. The van der Waals surface area contributed by atoms with E-state index in [9.17, 15) is 4.79 Å². The van der Waals surface area contributed by atoms with E-state index in [1.165, 1.54) is 0 Å². The Bertz CT molecular complexity index is 559. The number of rotatable bonds is 4. The van der Waals surface area contributed by atoms with E-state index in [4.69, 9.17) is 4.74 Å². The fraction of sp³-hybridized carbons (Fsp3) is 0.188. The van der Waals surface area contributed by atoms with Crippen molar-refractivity contribution in [2.45, 2.75) is 13.3 Å². The SMILES string of the molecule is CCC(=O)c1ccccc1-c1ccccc1OC. The van der Waals surface area contributed by atoms with Crippen molar-refractivity contribution >= 4 is 5.78 Å². The summed E-state index contributed by atoms with van der Waals surface area (Å²) in [6.07, 6.45) is 0.506. The first-order valence-corrected chi connectivity index (χ1v) is 6.03. The van der Waals surface area contributed by atoms with Crippen molar-refractivity contribution in [2.75, 3.05) is 7.11 Å². The van der Waals surface area contributed by atoms with Gasteiger partial charge in [-0.1, -0.05) is 49.4 Å². The number of ether oxygens (including phenoxy) is 1. The largest absolute Gasteiger partial charge is 0.496 e. The smallest absolute Gasteiger partial charge is 0.163 e. The Morgan fingerprint density at radius 2 is 1.61 bits per heavy atom. The van der Waals surface area contributed by atoms with Gasteiger partial charge in [-0.15, -0.1) is 0 Å². The van der Waals surface area contributed by atoms with Gasteiger partial charge in [0.25, 0.3) is 0 Å². The lowest BCUT2D eigenvalue weighted by atomic mass is 9.95. The highest BCUT2D eigenvalue weighted by atomic mass is 16.5. The predicted molar refractivity (Wildman–Crippen MR) is 73.1 cm³/mol. The van der Waals surface area contributed by atoms with Gasteiger partial charge >= 0.3 is 0 Å². The number of ketones is 1. The van der Waals surface area contributed by atoms with E-state index in [-0.39, 0.29) is 5.78 Å².